The van der Waals surface area contributed by atoms with Crippen molar-refractivity contribution in [3.05, 3.63) is 38.3 Å². The molecule has 1 aromatic carbocycles. The lowest BCUT2D eigenvalue weighted by atomic mass is 10.2. The van der Waals surface area contributed by atoms with Crippen LogP contribution in [0.25, 0.3) is 0 Å². The molecule has 2 rings (SSSR count). The zero-order valence-corrected chi connectivity index (χ0v) is 17.3. The number of guanidine groups is 1. The van der Waals surface area contributed by atoms with Gasteiger partial charge in [-0.25, -0.2) is 9.98 Å². The van der Waals surface area contributed by atoms with E-state index in [1.54, 1.807) is 25.6 Å². The Hall–Kier alpha value is -1.80. The first-order chi connectivity index (χ1) is 12.1. The summed E-state index contributed by atoms with van der Waals surface area (Å²) in [6.07, 6.45) is 1.88. The highest BCUT2D eigenvalue weighted by atomic mass is 79.9. The summed E-state index contributed by atoms with van der Waals surface area (Å²) < 4.78 is 11.6. The number of aromatic nitrogens is 1. The number of halogens is 1. The number of nitrogens with one attached hydrogen (secondary N) is 2. The van der Waals surface area contributed by atoms with Gasteiger partial charge in [-0.1, -0.05) is 0 Å². The molecule has 136 valence electrons. The molecule has 0 spiro atoms. The van der Waals surface area contributed by atoms with Crippen LogP contribution in [-0.4, -0.2) is 31.7 Å². The lowest BCUT2D eigenvalue weighted by molar-refractivity contribution is 0.352. The first kappa shape index (κ1) is 19.5. The van der Waals surface area contributed by atoms with Crippen molar-refractivity contribution in [2.24, 2.45) is 4.99 Å². The number of aliphatic imine (C=N–C) groups is 1. The Morgan fingerprint density at radius 2 is 2.08 bits per heavy atom. The minimum Gasteiger partial charge on any atom is -0.493 e. The second-order valence-corrected chi connectivity index (χ2v) is 7.40. The van der Waals surface area contributed by atoms with Crippen LogP contribution in [-0.2, 0) is 13.1 Å². The van der Waals surface area contributed by atoms with E-state index in [0.29, 0.717) is 24.6 Å². The van der Waals surface area contributed by atoms with E-state index in [1.807, 2.05) is 25.3 Å². The molecule has 8 heteroatoms. The Morgan fingerprint density at radius 1 is 1.28 bits per heavy atom. The Bertz CT molecular complexity index is 733. The van der Waals surface area contributed by atoms with Crippen LogP contribution in [0.1, 0.15) is 22.4 Å². The molecule has 0 unspecified atom stereocenters. The lowest BCUT2D eigenvalue weighted by Gasteiger charge is -2.12. The zero-order valence-electron chi connectivity index (χ0n) is 14.9. The number of ether oxygens (including phenoxy) is 2. The number of methoxy groups -OCH3 is 2. The zero-order chi connectivity index (χ0) is 18.2. The summed E-state index contributed by atoms with van der Waals surface area (Å²) in [6, 6.07) is 3.92. The number of aryl methyl sites for hydroxylation is 1. The highest BCUT2D eigenvalue weighted by Gasteiger charge is 2.10. The molecule has 0 saturated carbocycles. The van der Waals surface area contributed by atoms with Crippen molar-refractivity contribution in [2.45, 2.75) is 26.9 Å². The summed E-state index contributed by atoms with van der Waals surface area (Å²) in [5.41, 5.74) is 1.02. The van der Waals surface area contributed by atoms with Crippen LogP contribution in [0.4, 0.5) is 0 Å². The average molecular weight is 427 g/mol. The molecule has 25 heavy (non-hydrogen) atoms. The largest absolute Gasteiger partial charge is 0.493 e. The molecule has 1 aromatic heterocycles. The fourth-order valence-corrected chi connectivity index (χ4v) is 3.60. The summed E-state index contributed by atoms with van der Waals surface area (Å²) in [7, 11) is 3.24. The summed E-state index contributed by atoms with van der Waals surface area (Å²) in [6.45, 7) is 6.05. The molecule has 0 saturated heterocycles. The lowest BCUT2D eigenvalue weighted by Crippen LogP contribution is -2.36. The summed E-state index contributed by atoms with van der Waals surface area (Å²) in [4.78, 5) is 10.2. The second-order valence-electron chi connectivity index (χ2n) is 5.23. The molecular weight excluding hydrogens is 404 g/mol. The van der Waals surface area contributed by atoms with E-state index in [1.165, 1.54) is 4.88 Å². The molecule has 0 atom stereocenters. The van der Waals surface area contributed by atoms with Crippen molar-refractivity contribution < 1.29 is 9.47 Å². The normalized spacial score (nSPS) is 11.3. The topological polar surface area (TPSA) is 67.8 Å². The van der Waals surface area contributed by atoms with Gasteiger partial charge in [-0.3, -0.25) is 0 Å². The minimum atomic E-state index is 0.519. The Kier molecular flexibility index (Phi) is 7.52. The van der Waals surface area contributed by atoms with Crippen LogP contribution in [0.3, 0.4) is 0 Å². The molecule has 0 amide bonds. The molecule has 1 heterocycles. The third-order valence-electron chi connectivity index (χ3n) is 3.33. The van der Waals surface area contributed by atoms with Gasteiger partial charge in [0, 0.05) is 17.6 Å². The molecule has 0 aliphatic rings. The van der Waals surface area contributed by atoms with E-state index in [9.17, 15) is 0 Å². The van der Waals surface area contributed by atoms with Gasteiger partial charge in [-0.2, -0.15) is 0 Å². The maximum atomic E-state index is 5.38. The molecule has 0 aliphatic carbocycles. The van der Waals surface area contributed by atoms with Gasteiger partial charge in [0.2, 0.25) is 0 Å². The van der Waals surface area contributed by atoms with Crippen molar-refractivity contribution in [3.63, 3.8) is 0 Å². The number of thiazole rings is 1. The third-order valence-corrected chi connectivity index (χ3v) is 4.84. The van der Waals surface area contributed by atoms with Crippen molar-refractivity contribution >= 4 is 33.2 Å². The van der Waals surface area contributed by atoms with E-state index < -0.39 is 0 Å². The van der Waals surface area contributed by atoms with Crippen LogP contribution >= 0.6 is 27.3 Å². The van der Waals surface area contributed by atoms with Gasteiger partial charge in [-0.15, -0.1) is 11.3 Å². The Labute approximate surface area is 160 Å². The van der Waals surface area contributed by atoms with E-state index in [-0.39, 0.29) is 0 Å². The molecule has 0 fully saturated rings. The van der Waals surface area contributed by atoms with Crippen molar-refractivity contribution in [1.82, 2.24) is 15.6 Å². The third kappa shape index (κ3) is 5.61. The molecule has 0 aliphatic heterocycles. The maximum absolute atomic E-state index is 5.38. The second kappa shape index (κ2) is 9.62. The predicted octanol–water partition coefficient (Wildman–Crippen LogP) is 3.49. The first-order valence-electron chi connectivity index (χ1n) is 7.91. The number of benzene rings is 1. The van der Waals surface area contributed by atoms with Gasteiger partial charge in [0.1, 0.15) is 5.01 Å². The number of hydrogen-bond donors (Lipinski definition) is 2. The van der Waals surface area contributed by atoms with Crippen LogP contribution in [0.15, 0.2) is 27.8 Å². The molecule has 0 bridgehead atoms. The molecule has 0 radical (unpaired) electrons. The van der Waals surface area contributed by atoms with Crippen molar-refractivity contribution in [2.75, 3.05) is 20.8 Å². The van der Waals surface area contributed by atoms with Crippen molar-refractivity contribution in [3.8, 4) is 11.5 Å². The Morgan fingerprint density at radius 3 is 2.68 bits per heavy atom. The monoisotopic (exact) mass is 426 g/mol. The van der Waals surface area contributed by atoms with E-state index >= 15 is 0 Å². The number of rotatable bonds is 7. The molecule has 2 N–H and O–H groups in total. The van der Waals surface area contributed by atoms with E-state index in [4.69, 9.17) is 9.47 Å². The van der Waals surface area contributed by atoms with Gasteiger partial charge in [0.05, 0.1) is 31.8 Å². The van der Waals surface area contributed by atoms with Gasteiger partial charge in [0.15, 0.2) is 17.5 Å². The number of nitrogens with zero attached hydrogens (tertiary/aromatic N) is 2. The van der Waals surface area contributed by atoms with Crippen LogP contribution in [0.5, 0.6) is 11.5 Å². The maximum Gasteiger partial charge on any atom is 0.191 e. The van der Waals surface area contributed by atoms with Gasteiger partial charge < -0.3 is 20.1 Å². The molecule has 6 nitrogen and oxygen atoms in total. The highest BCUT2D eigenvalue weighted by Crippen LogP contribution is 2.36. The van der Waals surface area contributed by atoms with E-state index in [2.05, 4.69) is 43.5 Å². The molecular formula is C17H23BrN4O2S. The smallest absolute Gasteiger partial charge is 0.191 e. The van der Waals surface area contributed by atoms with Crippen LogP contribution < -0.4 is 20.1 Å². The quantitative estimate of drug-likeness (QED) is 0.523. The summed E-state index contributed by atoms with van der Waals surface area (Å²) in [5.74, 6) is 2.11. The van der Waals surface area contributed by atoms with Gasteiger partial charge >= 0.3 is 0 Å². The summed E-state index contributed by atoms with van der Waals surface area (Å²) in [5, 5.41) is 7.59. The predicted molar refractivity (Wildman–Crippen MR) is 106 cm³/mol. The minimum absolute atomic E-state index is 0.519. The fraction of sp³-hybridized carbons (Fsp3) is 0.412. The number of hydrogen-bond acceptors (Lipinski definition) is 5. The SMILES string of the molecule is CCNC(=NCc1cc(Br)c(OC)c(OC)c1)NCc1ncc(C)s1. The first-order valence-corrected chi connectivity index (χ1v) is 9.52. The molecule has 2 aromatic rings. The standard InChI is InChI=1S/C17H23BrN4O2S/c1-5-19-17(22-10-15-20-8-11(2)25-15)21-9-12-6-13(18)16(24-4)14(7-12)23-3/h6-8H,5,9-10H2,1-4H3,(H2,19,21,22). The Balaban J connectivity index is 2.08. The fourth-order valence-electron chi connectivity index (χ4n) is 2.22. The van der Waals surface area contributed by atoms with Crippen LogP contribution in [0.2, 0.25) is 0 Å². The van der Waals surface area contributed by atoms with E-state index in [0.717, 1.165) is 27.5 Å². The average Bonchev–Trinajstić information content (AvgIpc) is 3.02. The van der Waals surface area contributed by atoms with Gasteiger partial charge in [0.25, 0.3) is 0 Å². The summed E-state index contributed by atoms with van der Waals surface area (Å²) >= 11 is 5.19. The van der Waals surface area contributed by atoms with Gasteiger partial charge in [-0.05, 0) is 47.5 Å². The highest BCUT2D eigenvalue weighted by molar-refractivity contribution is 9.10. The van der Waals surface area contributed by atoms with Crippen LogP contribution in [0, 0.1) is 6.92 Å². The van der Waals surface area contributed by atoms with Crippen molar-refractivity contribution in [1.29, 1.82) is 0 Å².